The molecule has 0 aliphatic heterocycles. The van der Waals surface area contributed by atoms with Crippen LogP contribution < -0.4 is 5.32 Å². The summed E-state index contributed by atoms with van der Waals surface area (Å²) in [6.45, 7) is 0.987. The van der Waals surface area contributed by atoms with Crippen molar-refractivity contribution >= 4 is 18.3 Å². The highest BCUT2D eigenvalue weighted by molar-refractivity contribution is 5.85. The van der Waals surface area contributed by atoms with Crippen molar-refractivity contribution in [3.8, 4) is 0 Å². The molecule has 0 aromatic heterocycles. The van der Waals surface area contributed by atoms with E-state index in [1.807, 2.05) is 0 Å². The zero-order valence-electron chi connectivity index (χ0n) is 12.3. The topological polar surface area (TPSA) is 32.3 Å². The molecule has 1 aromatic carbocycles. The Morgan fingerprint density at radius 1 is 1.27 bits per heavy atom. The molecule has 1 saturated carbocycles. The van der Waals surface area contributed by atoms with Gasteiger partial charge in [0.15, 0.2) is 0 Å². The van der Waals surface area contributed by atoms with Crippen LogP contribution in [0.15, 0.2) is 24.3 Å². The zero-order chi connectivity index (χ0) is 15.5. The number of amides is 1. The molecule has 7 heteroatoms. The van der Waals surface area contributed by atoms with E-state index in [1.54, 1.807) is 11.9 Å². The predicted molar refractivity (Wildman–Crippen MR) is 80.8 cm³/mol. The van der Waals surface area contributed by atoms with Crippen molar-refractivity contribution in [2.75, 3.05) is 13.6 Å². The van der Waals surface area contributed by atoms with Gasteiger partial charge in [-0.15, -0.1) is 12.4 Å². The molecule has 0 bridgehead atoms. The fourth-order valence-corrected chi connectivity index (χ4v) is 2.18. The maximum atomic E-state index is 12.5. The average molecular weight is 337 g/mol. The molecule has 1 aliphatic carbocycles. The molecule has 22 heavy (non-hydrogen) atoms. The molecule has 0 saturated heterocycles. The van der Waals surface area contributed by atoms with Gasteiger partial charge in [0.2, 0.25) is 5.91 Å². The molecule has 1 N–H and O–H groups in total. The van der Waals surface area contributed by atoms with E-state index in [1.165, 1.54) is 12.1 Å². The van der Waals surface area contributed by atoms with Crippen molar-refractivity contribution in [3.05, 3.63) is 35.4 Å². The molecule has 1 fully saturated rings. The third kappa shape index (κ3) is 5.18. The first-order valence-corrected chi connectivity index (χ1v) is 7.02. The normalized spacial score (nSPS) is 14.4. The third-order valence-corrected chi connectivity index (χ3v) is 3.53. The van der Waals surface area contributed by atoms with Crippen LogP contribution in [-0.2, 0) is 17.5 Å². The van der Waals surface area contributed by atoms with Gasteiger partial charge in [-0.1, -0.05) is 12.1 Å². The summed E-state index contributed by atoms with van der Waals surface area (Å²) in [4.78, 5) is 13.9. The Bertz CT molecular complexity index is 487. The van der Waals surface area contributed by atoms with Crippen LogP contribution in [-0.4, -0.2) is 30.4 Å². The molecule has 1 aromatic rings. The van der Waals surface area contributed by atoms with Gasteiger partial charge < -0.3 is 10.2 Å². The fourth-order valence-electron chi connectivity index (χ4n) is 2.18. The number of hydrogen-bond donors (Lipinski definition) is 1. The van der Waals surface area contributed by atoms with Gasteiger partial charge in [0.1, 0.15) is 0 Å². The molecular formula is C15H20ClF3N2O. The molecule has 2 rings (SSSR count). The monoisotopic (exact) mass is 336 g/mol. The average Bonchev–Trinajstić information content (AvgIpc) is 3.26. The molecule has 1 aliphatic rings. The van der Waals surface area contributed by atoms with Gasteiger partial charge in [0.25, 0.3) is 0 Å². The van der Waals surface area contributed by atoms with Gasteiger partial charge >= 0.3 is 6.18 Å². The first kappa shape index (κ1) is 18.8. The van der Waals surface area contributed by atoms with Crippen LogP contribution in [0.1, 0.15) is 30.4 Å². The van der Waals surface area contributed by atoms with Crippen LogP contribution in [0.2, 0.25) is 0 Å². The summed E-state index contributed by atoms with van der Waals surface area (Å²) in [5.41, 5.74) is 0.0680. The summed E-state index contributed by atoms with van der Waals surface area (Å²) in [5, 5.41) is 2.93. The quantitative estimate of drug-likeness (QED) is 0.865. The molecule has 0 unspecified atom stereocenters. The summed E-state index contributed by atoms with van der Waals surface area (Å²) in [7, 11) is 1.78. The Morgan fingerprint density at radius 2 is 1.86 bits per heavy atom. The molecule has 0 radical (unpaired) electrons. The van der Waals surface area contributed by atoms with Crippen LogP contribution in [0.25, 0.3) is 0 Å². The van der Waals surface area contributed by atoms with Crippen LogP contribution in [0.5, 0.6) is 0 Å². The van der Waals surface area contributed by atoms with E-state index in [-0.39, 0.29) is 24.4 Å². The Labute approximate surface area is 134 Å². The van der Waals surface area contributed by atoms with Crippen LogP contribution in [0, 0.1) is 0 Å². The summed E-state index contributed by atoms with van der Waals surface area (Å²) in [6, 6.07) is 5.28. The van der Waals surface area contributed by atoms with E-state index < -0.39 is 11.7 Å². The Kier molecular flexibility index (Phi) is 6.68. The van der Waals surface area contributed by atoms with Gasteiger partial charge in [0, 0.05) is 25.6 Å². The number of nitrogens with zero attached hydrogens (tertiary/aromatic N) is 1. The standard InChI is InChI=1S/C15H19F3N2O.ClH/c1-19-9-8-14(21)20(13-6-7-13)10-11-2-4-12(5-3-11)15(16,17)18;/h2-5,13,19H,6-10H2,1H3;1H. The second kappa shape index (κ2) is 7.83. The Balaban J connectivity index is 0.00000242. The van der Waals surface area contributed by atoms with Gasteiger partial charge in [-0.05, 0) is 37.6 Å². The third-order valence-electron chi connectivity index (χ3n) is 3.53. The second-order valence-corrected chi connectivity index (χ2v) is 5.30. The summed E-state index contributed by atoms with van der Waals surface area (Å²) >= 11 is 0. The number of benzene rings is 1. The van der Waals surface area contributed by atoms with Gasteiger partial charge in [-0.25, -0.2) is 0 Å². The Hall–Kier alpha value is -1.27. The molecule has 1 amide bonds. The number of hydrogen-bond acceptors (Lipinski definition) is 2. The predicted octanol–water partition coefficient (Wildman–Crippen LogP) is 3.23. The largest absolute Gasteiger partial charge is 0.416 e. The van der Waals surface area contributed by atoms with E-state index in [4.69, 9.17) is 0 Å². The van der Waals surface area contributed by atoms with Crippen molar-refractivity contribution < 1.29 is 18.0 Å². The van der Waals surface area contributed by atoms with Crippen molar-refractivity contribution in [3.63, 3.8) is 0 Å². The SMILES string of the molecule is CNCCC(=O)N(Cc1ccc(C(F)(F)F)cc1)C1CC1.Cl. The van der Waals surface area contributed by atoms with Crippen molar-refractivity contribution in [2.45, 2.75) is 38.0 Å². The number of rotatable bonds is 6. The van der Waals surface area contributed by atoms with Gasteiger partial charge in [-0.3, -0.25) is 4.79 Å². The van der Waals surface area contributed by atoms with Crippen molar-refractivity contribution in [1.29, 1.82) is 0 Å². The minimum absolute atomic E-state index is 0. The lowest BCUT2D eigenvalue weighted by Crippen LogP contribution is -2.34. The molecule has 3 nitrogen and oxygen atoms in total. The smallest absolute Gasteiger partial charge is 0.335 e. The fraction of sp³-hybridized carbons (Fsp3) is 0.533. The number of nitrogens with one attached hydrogen (secondary N) is 1. The molecule has 0 spiro atoms. The minimum atomic E-state index is -4.32. The second-order valence-electron chi connectivity index (χ2n) is 5.30. The van der Waals surface area contributed by atoms with Gasteiger partial charge in [0.05, 0.1) is 5.56 Å². The number of alkyl halides is 3. The highest BCUT2D eigenvalue weighted by Crippen LogP contribution is 2.31. The zero-order valence-corrected chi connectivity index (χ0v) is 13.1. The maximum Gasteiger partial charge on any atom is 0.416 e. The first-order valence-electron chi connectivity index (χ1n) is 7.02. The lowest BCUT2D eigenvalue weighted by molar-refractivity contribution is -0.137. The van der Waals surface area contributed by atoms with Crippen LogP contribution in [0.3, 0.4) is 0 Å². The number of carbonyl (C=O) groups is 1. The van der Waals surface area contributed by atoms with E-state index in [0.717, 1.165) is 30.5 Å². The molecule has 124 valence electrons. The Morgan fingerprint density at radius 3 is 2.32 bits per heavy atom. The highest BCUT2D eigenvalue weighted by atomic mass is 35.5. The summed E-state index contributed by atoms with van der Waals surface area (Å²) < 4.78 is 37.5. The lowest BCUT2D eigenvalue weighted by Gasteiger charge is -2.23. The van der Waals surface area contributed by atoms with E-state index in [0.29, 0.717) is 19.5 Å². The van der Waals surface area contributed by atoms with Crippen LogP contribution in [0.4, 0.5) is 13.2 Å². The highest BCUT2D eigenvalue weighted by Gasteiger charge is 2.33. The number of carbonyl (C=O) groups excluding carboxylic acids is 1. The lowest BCUT2D eigenvalue weighted by atomic mass is 10.1. The van der Waals surface area contributed by atoms with E-state index in [2.05, 4.69) is 5.32 Å². The number of halogens is 4. The molecule has 0 atom stereocenters. The minimum Gasteiger partial charge on any atom is -0.335 e. The summed E-state index contributed by atoms with van der Waals surface area (Å²) in [6.07, 6.45) is -1.96. The first-order chi connectivity index (χ1) is 9.91. The molecule has 0 heterocycles. The van der Waals surface area contributed by atoms with Gasteiger partial charge in [-0.2, -0.15) is 13.2 Å². The summed E-state index contributed by atoms with van der Waals surface area (Å²) in [5.74, 6) is 0.0479. The van der Waals surface area contributed by atoms with Crippen LogP contribution >= 0.6 is 12.4 Å². The van der Waals surface area contributed by atoms with Crippen molar-refractivity contribution in [2.24, 2.45) is 0 Å². The van der Waals surface area contributed by atoms with Crippen molar-refractivity contribution in [1.82, 2.24) is 10.2 Å². The maximum absolute atomic E-state index is 12.5. The molecular weight excluding hydrogens is 317 g/mol. The van der Waals surface area contributed by atoms with E-state index >= 15 is 0 Å². The van der Waals surface area contributed by atoms with E-state index in [9.17, 15) is 18.0 Å².